The van der Waals surface area contributed by atoms with E-state index in [0.29, 0.717) is 37.1 Å². The predicted molar refractivity (Wildman–Crippen MR) is 71.7 cm³/mol. The summed E-state index contributed by atoms with van der Waals surface area (Å²) in [5.41, 5.74) is 5.49. The summed E-state index contributed by atoms with van der Waals surface area (Å²) in [6.07, 6.45) is 1.43. The molecule has 17 heavy (non-hydrogen) atoms. The molecular weight excluding hydrogens is 236 g/mol. The highest BCUT2D eigenvalue weighted by Gasteiger charge is 2.28. The molecule has 0 aromatic carbocycles. The molecule has 0 aliphatic carbocycles. The minimum Gasteiger partial charge on any atom is -0.393 e. The van der Waals surface area contributed by atoms with Crippen LogP contribution >= 0.6 is 12.2 Å². The van der Waals surface area contributed by atoms with Crippen molar-refractivity contribution in [3.8, 4) is 0 Å². The number of thiocarbonyl (C=S) groups is 1. The summed E-state index contributed by atoms with van der Waals surface area (Å²) in [5.74, 6) is 0.667. The van der Waals surface area contributed by atoms with E-state index in [-0.39, 0.29) is 11.8 Å². The zero-order chi connectivity index (χ0) is 12.8. The van der Waals surface area contributed by atoms with Crippen molar-refractivity contribution in [3.63, 3.8) is 0 Å². The SMILES string of the molecule is CC(C)CN(CCC(N)=S)C(=O)C1CCOC1. The first-order chi connectivity index (χ1) is 8.00. The summed E-state index contributed by atoms with van der Waals surface area (Å²) >= 11 is 4.86. The normalized spacial score (nSPS) is 19.6. The van der Waals surface area contributed by atoms with Gasteiger partial charge in [0.2, 0.25) is 5.91 Å². The summed E-state index contributed by atoms with van der Waals surface area (Å²) in [5, 5.41) is 0. The molecule has 1 aliphatic rings. The third-order valence-corrected chi connectivity index (χ3v) is 3.01. The van der Waals surface area contributed by atoms with Crippen LogP contribution in [-0.2, 0) is 9.53 Å². The van der Waals surface area contributed by atoms with Crippen molar-refractivity contribution in [2.75, 3.05) is 26.3 Å². The van der Waals surface area contributed by atoms with Crippen LogP contribution in [0, 0.1) is 11.8 Å². The second kappa shape index (κ2) is 6.91. The molecule has 0 spiro atoms. The molecular formula is C12H22N2O2S. The molecule has 2 N–H and O–H groups in total. The maximum Gasteiger partial charge on any atom is 0.228 e. The maximum atomic E-state index is 12.3. The zero-order valence-corrected chi connectivity index (χ0v) is 11.5. The van der Waals surface area contributed by atoms with E-state index in [1.807, 2.05) is 4.90 Å². The quantitative estimate of drug-likeness (QED) is 0.727. The molecule has 0 bridgehead atoms. The van der Waals surface area contributed by atoms with Gasteiger partial charge in [-0.3, -0.25) is 4.79 Å². The van der Waals surface area contributed by atoms with Crippen LogP contribution in [0.5, 0.6) is 0 Å². The van der Waals surface area contributed by atoms with Crippen LogP contribution in [0.3, 0.4) is 0 Å². The summed E-state index contributed by atoms with van der Waals surface area (Å²) in [6, 6.07) is 0. The second-order valence-corrected chi connectivity index (χ2v) is 5.48. The Labute approximate surface area is 108 Å². The van der Waals surface area contributed by atoms with Gasteiger partial charge in [0.05, 0.1) is 17.5 Å². The standard InChI is InChI=1S/C12H22N2O2S/c1-9(2)7-14(5-3-11(13)17)12(15)10-4-6-16-8-10/h9-10H,3-8H2,1-2H3,(H2,13,17). The van der Waals surface area contributed by atoms with Crippen LogP contribution in [0.4, 0.5) is 0 Å². The van der Waals surface area contributed by atoms with Crippen molar-refractivity contribution in [3.05, 3.63) is 0 Å². The Morgan fingerprint density at radius 3 is 2.76 bits per heavy atom. The molecule has 1 saturated heterocycles. The van der Waals surface area contributed by atoms with Gasteiger partial charge < -0.3 is 15.4 Å². The summed E-state index contributed by atoms with van der Waals surface area (Å²) in [7, 11) is 0. The molecule has 1 aliphatic heterocycles. The summed E-state index contributed by atoms with van der Waals surface area (Å²) < 4.78 is 5.26. The number of rotatable bonds is 6. The van der Waals surface area contributed by atoms with Crippen LogP contribution < -0.4 is 5.73 Å². The molecule has 1 rings (SSSR count). The Kier molecular flexibility index (Phi) is 5.85. The molecule has 1 heterocycles. The van der Waals surface area contributed by atoms with Gasteiger partial charge in [-0.1, -0.05) is 26.1 Å². The highest BCUT2D eigenvalue weighted by Crippen LogP contribution is 2.16. The lowest BCUT2D eigenvalue weighted by molar-refractivity contribution is -0.135. The predicted octanol–water partition coefficient (Wildman–Crippen LogP) is 1.18. The van der Waals surface area contributed by atoms with E-state index >= 15 is 0 Å². The van der Waals surface area contributed by atoms with Gasteiger partial charge in [-0.2, -0.15) is 0 Å². The zero-order valence-electron chi connectivity index (χ0n) is 10.6. The fourth-order valence-corrected chi connectivity index (χ4v) is 2.06. The first-order valence-electron chi connectivity index (χ1n) is 6.15. The number of amides is 1. The van der Waals surface area contributed by atoms with Gasteiger partial charge in [-0.25, -0.2) is 0 Å². The number of nitrogens with zero attached hydrogens (tertiary/aromatic N) is 1. The Morgan fingerprint density at radius 2 is 2.29 bits per heavy atom. The molecule has 0 saturated carbocycles. The molecule has 5 heteroatoms. The molecule has 0 radical (unpaired) electrons. The minimum absolute atomic E-state index is 0.0279. The molecule has 1 amide bonds. The first-order valence-corrected chi connectivity index (χ1v) is 6.56. The fraction of sp³-hybridized carbons (Fsp3) is 0.833. The third kappa shape index (κ3) is 5.00. The van der Waals surface area contributed by atoms with Crippen molar-refractivity contribution in [1.82, 2.24) is 4.90 Å². The van der Waals surface area contributed by atoms with Crippen LogP contribution in [-0.4, -0.2) is 42.1 Å². The Morgan fingerprint density at radius 1 is 1.59 bits per heavy atom. The van der Waals surface area contributed by atoms with Crippen molar-refractivity contribution in [2.45, 2.75) is 26.7 Å². The monoisotopic (exact) mass is 258 g/mol. The van der Waals surface area contributed by atoms with E-state index in [1.54, 1.807) is 0 Å². The molecule has 1 atom stereocenters. The smallest absolute Gasteiger partial charge is 0.228 e. The van der Waals surface area contributed by atoms with Crippen LogP contribution in [0.25, 0.3) is 0 Å². The van der Waals surface area contributed by atoms with Crippen molar-refractivity contribution < 1.29 is 9.53 Å². The van der Waals surface area contributed by atoms with Gasteiger partial charge in [0.1, 0.15) is 0 Å². The number of carbonyl (C=O) groups excluding carboxylic acids is 1. The molecule has 98 valence electrons. The number of hydrogen-bond acceptors (Lipinski definition) is 3. The number of nitrogens with two attached hydrogens (primary N) is 1. The highest BCUT2D eigenvalue weighted by molar-refractivity contribution is 7.80. The number of ether oxygens (including phenoxy) is 1. The number of carbonyl (C=O) groups is 1. The Bertz CT molecular complexity index is 276. The minimum atomic E-state index is 0.0279. The summed E-state index contributed by atoms with van der Waals surface area (Å²) in [6.45, 7) is 6.85. The van der Waals surface area contributed by atoms with E-state index in [9.17, 15) is 4.79 Å². The van der Waals surface area contributed by atoms with E-state index in [0.717, 1.165) is 13.0 Å². The fourth-order valence-electron chi connectivity index (χ4n) is 1.96. The van der Waals surface area contributed by atoms with Crippen LogP contribution in [0.2, 0.25) is 0 Å². The number of hydrogen-bond donors (Lipinski definition) is 1. The lowest BCUT2D eigenvalue weighted by Crippen LogP contribution is -2.40. The van der Waals surface area contributed by atoms with Crippen molar-refractivity contribution in [2.24, 2.45) is 17.6 Å². The molecule has 4 nitrogen and oxygen atoms in total. The molecule has 1 fully saturated rings. The van der Waals surface area contributed by atoms with E-state index in [1.165, 1.54) is 0 Å². The van der Waals surface area contributed by atoms with Gasteiger partial charge in [0.15, 0.2) is 0 Å². The van der Waals surface area contributed by atoms with Gasteiger partial charge in [-0.15, -0.1) is 0 Å². The van der Waals surface area contributed by atoms with E-state index < -0.39 is 0 Å². The Balaban J connectivity index is 2.53. The van der Waals surface area contributed by atoms with E-state index in [4.69, 9.17) is 22.7 Å². The average Bonchev–Trinajstić information content (AvgIpc) is 2.75. The lowest BCUT2D eigenvalue weighted by atomic mass is 10.1. The molecule has 0 aromatic rings. The molecule has 1 unspecified atom stereocenters. The highest BCUT2D eigenvalue weighted by atomic mass is 32.1. The topological polar surface area (TPSA) is 55.6 Å². The average molecular weight is 258 g/mol. The lowest BCUT2D eigenvalue weighted by Gasteiger charge is -2.26. The van der Waals surface area contributed by atoms with Gasteiger partial charge in [0.25, 0.3) is 0 Å². The first kappa shape index (κ1) is 14.4. The third-order valence-electron chi connectivity index (χ3n) is 2.80. The van der Waals surface area contributed by atoms with Crippen LogP contribution in [0.15, 0.2) is 0 Å². The van der Waals surface area contributed by atoms with Crippen molar-refractivity contribution >= 4 is 23.1 Å². The second-order valence-electron chi connectivity index (χ2n) is 4.95. The molecule has 0 aromatic heterocycles. The van der Waals surface area contributed by atoms with Crippen LogP contribution in [0.1, 0.15) is 26.7 Å². The van der Waals surface area contributed by atoms with Crippen molar-refractivity contribution in [1.29, 1.82) is 0 Å². The maximum absolute atomic E-state index is 12.3. The summed E-state index contributed by atoms with van der Waals surface area (Å²) in [4.78, 5) is 14.6. The van der Waals surface area contributed by atoms with E-state index in [2.05, 4.69) is 13.8 Å². The Hall–Kier alpha value is -0.680. The van der Waals surface area contributed by atoms with Gasteiger partial charge in [-0.05, 0) is 12.3 Å². The largest absolute Gasteiger partial charge is 0.393 e. The van der Waals surface area contributed by atoms with Gasteiger partial charge in [0, 0.05) is 26.1 Å². The van der Waals surface area contributed by atoms with Gasteiger partial charge >= 0.3 is 0 Å².